The Morgan fingerprint density at radius 3 is 3.06 bits per heavy atom. The van der Waals surface area contributed by atoms with Crippen LogP contribution in [0.25, 0.3) is 10.2 Å². The Hall–Kier alpha value is -1.68. The molecular formula is C14H17N3S. The van der Waals surface area contributed by atoms with Gasteiger partial charge in [0.05, 0.1) is 15.7 Å². The average molecular weight is 259 g/mol. The Morgan fingerprint density at radius 1 is 1.44 bits per heavy atom. The first kappa shape index (κ1) is 12.8. The van der Waals surface area contributed by atoms with Gasteiger partial charge in [0.1, 0.15) is 0 Å². The summed E-state index contributed by atoms with van der Waals surface area (Å²) in [4.78, 5) is 8.60. The van der Waals surface area contributed by atoms with Crippen molar-refractivity contribution >= 4 is 33.5 Å². The number of benzene rings is 1. The molecule has 1 N–H and O–H groups in total. The zero-order valence-corrected chi connectivity index (χ0v) is 11.7. The summed E-state index contributed by atoms with van der Waals surface area (Å²) in [6.45, 7) is 6.14. The quantitative estimate of drug-likeness (QED) is 0.840. The predicted octanol–water partition coefficient (Wildman–Crippen LogP) is 4.09. The van der Waals surface area contributed by atoms with E-state index in [4.69, 9.17) is 0 Å². The van der Waals surface area contributed by atoms with Crippen molar-refractivity contribution in [3.8, 4) is 0 Å². The lowest BCUT2D eigenvalue weighted by molar-refractivity contribution is 0.841. The molecule has 2 rings (SSSR count). The summed E-state index contributed by atoms with van der Waals surface area (Å²) in [6.07, 6.45) is 3.82. The predicted molar refractivity (Wildman–Crippen MR) is 80.6 cm³/mol. The molecule has 94 valence electrons. The van der Waals surface area contributed by atoms with Gasteiger partial charge >= 0.3 is 0 Å². The Labute approximate surface area is 111 Å². The van der Waals surface area contributed by atoms with E-state index in [1.54, 1.807) is 11.3 Å². The van der Waals surface area contributed by atoms with Crippen molar-refractivity contribution in [1.29, 1.82) is 0 Å². The summed E-state index contributed by atoms with van der Waals surface area (Å²) in [6, 6.07) is 6.55. The van der Waals surface area contributed by atoms with Gasteiger partial charge in [0.25, 0.3) is 0 Å². The molecule has 0 spiro atoms. The van der Waals surface area contributed by atoms with E-state index in [1.807, 2.05) is 24.7 Å². The second kappa shape index (κ2) is 5.78. The number of aliphatic imine (C=N–C) groups is 1. The highest BCUT2D eigenvalue weighted by Crippen LogP contribution is 2.22. The Morgan fingerprint density at radius 2 is 2.28 bits per heavy atom. The number of nitrogens with one attached hydrogen (secondary N) is 1. The molecule has 0 unspecified atom stereocenters. The van der Waals surface area contributed by atoms with Crippen molar-refractivity contribution < 1.29 is 0 Å². The maximum absolute atomic E-state index is 4.30. The summed E-state index contributed by atoms with van der Waals surface area (Å²) in [7, 11) is 0. The van der Waals surface area contributed by atoms with Crippen molar-refractivity contribution in [3.05, 3.63) is 35.5 Å². The van der Waals surface area contributed by atoms with Crippen molar-refractivity contribution in [2.45, 2.75) is 26.8 Å². The summed E-state index contributed by atoms with van der Waals surface area (Å²) in [5.74, 6) is 0. The van der Waals surface area contributed by atoms with Gasteiger partial charge in [-0.1, -0.05) is 0 Å². The number of thiazole rings is 1. The van der Waals surface area contributed by atoms with E-state index in [9.17, 15) is 0 Å². The van der Waals surface area contributed by atoms with Crippen molar-refractivity contribution in [3.63, 3.8) is 0 Å². The lowest BCUT2D eigenvalue weighted by Gasteiger charge is -2.05. The highest BCUT2D eigenvalue weighted by molar-refractivity contribution is 7.16. The van der Waals surface area contributed by atoms with Crippen LogP contribution < -0.4 is 5.32 Å². The Kier molecular flexibility index (Phi) is 4.10. The number of fused-ring (bicyclic) bond motifs is 1. The van der Waals surface area contributed by atoms with E-state index in [-0.39, 0.29) is 0 Å². The monoisotopic (exact) mass is 259 g/mol. The number of hydrogen-bond acceptors (Lipinski definition) is 4. The second-order valence-electron chi connectivity index (χ2n) is 4.40. The fraction of sp³-hybridized carbons (Fsp3) is 0.286. The average Bonchev–Trinajstić information content (AvgIpc) is 2.75. The molecule has 0 aliphatic rings. The van der Waals surface area contributed by atoms with E-state index >= 15 is 0 Å². The topological polar surface area (TPSA) is 37.3 Å². The third-order valence-corrected chi connectivity index (χ3v) is 3.19. The summed E-state index contributed by atoms with van der Waals surface area (Å²) < 4.78 is 1.21. The molecule has 0 radical (unpaired) electrons. The molecule has 0 fully saturated rings. The van der Waals surface area contributed by atoms with Crippen molar-refractivity contribution in [1.82, 2.24) is 4.98 Å². The number of anilines is 1. The highest BCUT2D eigenvalue weighted by Gasteiger charge is 1.98. The van der Waals surface area contributed by atoms with Crippen LogP contribution in [-0.2, 0) is 0 Å². The van der Waals surface area contributed by atoms with Gasteiger partial charge in [-0.15, -0.1) is 11.3 Å². The second-order valence-corrected chi connectivity index (χ2v) is 5.29. The van der Waals surface area contributed by atoms with E-state index < -0.39 is 0 Å². The first-order chi connectivity index (χ1) is 8.65. The molecule has 0 saturated heterocycles. The minimum atomic E-state index is 0.334. The molecule has 18 heavy (non-hydrogen) atoms. The van der Waals surface area contributed by atoms with Gasteiger partial charge in [-0.3, -0.25) is 4.99 Å². The number of nitrogens with zero attached hydrogens (tertiary/aromatic N) is 2. The van der Waals surface area contributed by atoms with Crippen LogP contribution in [-0.4, -0.2) is 17.2 Å². The van der Waals surface area contributed by atoms with E-state index in [0.29, 0.717) is 6.04 Å². The molecule has 1 heterocycles. The summed E-state index contributed by atoms with van der Waals surface area (Å²) in [5.41, 5.74) is 5.02. The molecule has 2 aromatic rings. The van der Waals surface area contributed by atoms with Gasteiger partial charge in [-0.2, -0.15) is 0 Å². The van der Waals surface area contributed by atoms with Crippen LogP contribution in [0.4, 0.5) is 5.69 Å². The van der Waals surface area contributed by atoms with Gasteiger partial charge in [0.15, 0.2) is 0 Å². The number of allylic oxidation sites excluding steroid dienone is 2. The zero-order chi connectivity index (χ0) is 13.0. The molecule has 1 aromatic heterocycles. The fourth-order valence-corrected chi connectivity index (χ4v) is 2.19. The lowest BCUT2D eigenvalue weighted by atomic mass is 10.3. The van der Waals surface area contributed by atoms with Crippen molar-refractivity contribution in [2.75, 3.05) is 5.32 Å². The van der Waals surface area contributed by atoms with Crippen LogP contribution in [0, 0.1) is 0 Å². The van der Waals surface area contributed by atoms with Crippen molar-refractivity contribution in [2.24, 2.45) is 4.99 Å². The minimum Gasteiger partial charge on any atom is -0.359 e. The summed E-state index contributed by atoms with van der Waals surface area (Å²) >= 11 is 1.66. The van der Waals surface area contributed by atoms with Crippen LogP contribution in [0.15, 0.2) is 40.5 Å². The maximum atomic E-state index is 4.30. The van der Waals surface area contributed by atoms with Crippen LogP contribution in [0.3, 0.4) is 0 Å². The number of rotatable bonds is 4. The van der Waals surface area contributed by atoms with Gasteiger partial charge < -0.3 is 5.32 Å². The Bertz CT molecular complexity index is 581. The van der Waals surface area contributed by atoms with Crippen LogP contribution in [0.2, 0.25) is 0 Å². The fourth-order valence-electron chi connectivity index (χ4n) is 1.53. The molecule has 0 aliphatic heterocycles. The smallest absolute Gasteiger partial charge is 0.0832 e. The normalized spacial score (nSPS) is 12.8. The van der Waals surface area contributed by atoms with Gasteiger partial charge in [0.2, 0.25) is 0 Å². The molecule has 0 aliphatic carbocycles. The number of aromatic nitrogens is 1. The third-order valence-electron chi connectivity index (χ3n) is 2.38. The largest absolute Gasteiger partial charge is 0.359 e. The van der Waals surface area contributed by atoms with E-state index in [2.05, 4.69) is 47.3 Å². The minimum absolute atomic E-state index is 0.334. The third kappa shape index (κ3) is 3.40. The first-order valence-corrected chi connectivity index (χ1v) is 6.83. The Balaban J connectivity index is 2.08. The first-order valence-electron chi connectivity index (χ1n) is 5.95. The molecule has 4 heteroatoms. The molecular weight excluding hydrogens is 242 g/mol. The van der Waals surface area contributed by atoms with Gasteiger partial charge in [-0.25, -0.2) is 4.98 Å². The standard InChI is InChI=1S/C14H17N3S/c1-10(2)15-7-6-11(3)17-12-4-5-14-13(8-12)16-9-18-14/h4-10,17H,1-3H3/b11-6+,15-7?. The van der Waals surface area contributed by atoms with Crippen LogP contribution in [0.1, 0.15) is 20.8 Å². The highest BCUT2D eigenvalue weighted by atomic mass is 32.1. The molecule has 0 amide bonds. The van der Waals surface area contributed by atoms with Crippen LogP contribution >= 0.6 is 11.3 Å². The van der Waals surface area contributed by atoms with Gasteiger partial charge in [-0.05, 0) is 45.0 Å². The molecule has 0 atom stereocenters. The lowest BCUT2D eigenvalue weighted by Crippen LogP contribution is -1.96. The molecule has 0 bridgehead atoms. The number of hydrogen-bond donors (Lipinski definition) is 1. The SMILES string of the molecule is C/C(=C\C=NC(C)C)Nc1ccc2scnc2c1. The summed E-state index contributed by atoms with van der Waals surface area (Å²) in [5, 5.41) is 3.33. The molecule has 1 aromatic carbocycles. The van der Waals surface area contributed by atoms with Gasteiger partial charge in [0, 0.05) is 23.6 Å². The molecule has 0 saturated carbocycles. The maximum Gasteiger partial charge on any atom is 0.0832 e. The van der Waals surface area contributed by atoms with Crippen LogP contribution in [0.5, 0.6) is 0 Å². The molecule has 3 nitrogen and oxygen atoms in total. The van der Waals surface area contributed by atoms with E-state index in [0.717, 1.165) is 16.9 Å². The van der Waals surface area contributed by atoms with E-state index in [1.165, 1.54) is 4.70 Å². The zero-order valence-electron chi connectivity index (χ0n) is 10.8.